The Kier molecular flexibility index (Phi) is 8.63. The minimum absolute atomic E-state index is 0.157. The van der Waals surface area contributed by atoms with Crippen LogP contribution in [-0.4, -0.2) is 25.8 Å². The van der Waals surface area contributed by atoms with E-state index in [9.17, 15) is 0 Å². The predicted octanol–water partition coefficient (Wildman–Crippen LogP) is 4.54. The van der Waals surface area contributed by atoms with Gasteiger partial charge in [0.15, 0.2) is 0 Å². The molecule has 0 aliphatic heterocycles. The lowest BCUT2D eigenvalue weighted by molar-refractivity contribution is 0.0799. The van der Waals surface area contributed by atoms with Crippen molar-refractivity contribution in [2.75, 3.05) is 19.8 Å². The molecule has 0 heterocycles. The van der Waals surface area contributed by atoms with Gasteiger partial charge < -0.3 is 10.1 Å². The number of rotatable bonds is 11. The summed E-state index contributed by atoms with van der Waals surface area (Å²) >= 11 is 0. The van der Waals surface area contributed by atoms with Crippen LogP contribution >= 0.6 is 0 Å². The molecule has 0 aromatic heterocycles. The Morgan fingerprint density at radius 1 is 1.00 bits per heavy atom. The minimum Gasteiger partial charge on any atom is -0.380 e. The molecule has 0 spiro atoms. The maximum Gasteiger partial charge on any atom is 0.0628 e. The summed E-state index contributed by atoms with van der Waals surface area (Å²) in [6, 6.07) is 11.3. The zero-order valence-corrected chi connectivity index (χ0v) is 14.3. The standard InChI is InChI=1S/C19H33NO/c1-5-14-20-18(16-21-15-6-2)19(7-3,8-4)17-12-10-9-11-13-17/h9-13,18,20H,5-8,14-16H2,1-4H3. The molecule has 1 unspecified atom stereocenters. The van der Waals surface area contributed by atoms with Gasteiger partial charge in [0.1, 0.15) is 0 Å². The fourth-order valence-electron chi connectivity index (χ4n) is 3.20. The molecule has 0 aliphatic carbocycles. The summed E-state index contributed by atoms with van der Waals surface area (Å²) in [7, 11) is 0. The van der Waals surface area contributed by atoms with Gasteiger partial charge in [-0.25, -0.2) is 0 Å². The van der Waals surface area contributed by atoms with Crippen LogP contribution in [0, 0.1) is 0 Å². The van der Waals surface area contributed by atoms with Crippen LogP contribution in [0.4, 0.5) is 0 Å². The van der Waals surface area contributed by atoms with E-state index in [1.54, 1.807) is 0 Å². The quantitative estimate of drug-likeness (QED) is 0.604. The lowest BCUT2D eigenvalue weighted by Gasteiger charge is -2.41. The number of benzene rings is 1. The fraction of sp³-hybridized carbons (Fsp3) is 0.684. The van der Waals surface area contributed by atoms with Crippen molar-refractivity contribution < 1.29 is 4.74 Å². The van der Waals surface area contributed by atoms with Gasteiger partial charge in [0.05, 0.1) is 6.61 Å². The molecule has 0 bridgehead atoms. The van der Waals surface area contributed by atoms with Crippen LogP contribution in [0.1, 0.15) is 58.9 Å². The van der Waals surface area contributed by atoms with Crippen molar-refractivity contribution in [1.82, 2.24) is 5.32 Å². The molecule has 1 aromatic carbocycles. The summed E-state index contributed by atoms with van der Waals surface area (Å²) in [5, 5.41) is 3.74. The number of ether oxygens (including phenoxy) is 1. The van der Waals surface area contributed by atoms with Crippen molar-refractivity contribution >= 4 is 0 Å². The largest absolute Gasteiger partial charge is 0.380 e. The first-order valence-corrected chi connectivity index (χ1v) is 8.61. The highest BCUT2D eigenvalue weighted by atomic mass is 16.5. The van der Waals surface area contributed by atoms with Crippen molar-refractivity contribution in [2.24, 2.45) is 0 Å². The van der Waals surface area contributed by atoms with Gasteiger partial charge in [-0.3, -0.25) is 0 Å². The van der Waals surface area contributed by atoms with Gasteiger partial charge in [0.2, 0.25) is 0 Å². The summed E-state index contributed by atoms with van der Waals surface area (Å²) in [6.45, 7) is 11.7. The van der Waals surface area contributed by atoms with Gasteiger partial charge >= 0.3 is 0 Å². The third-order valence-corrected chi connectivity index (χ3v) is 4.55. The molecular weight excluding hydrogens is 258 g/mol. The zero-order valence-electron chi connectivity index (χ0n) is 14.3. The summed E-state index contributed by atoms with van der Waals surface area (Å²) in [5.74, 6) is 0. The number of hydrogen-bond acceptors (Lipinski definition) is 2. The third kappa shape index (κ3) is 4.82. The van der Waals surface area contributed by atoms with Crippen LogP contribution in [0.5, 0.6) is 0 Å². The summed E-state index contributed by atoms with van der Waals surface area (Å²) in [4.78, 5) is 0. The first-order chi connectivity index (χ1) is 10.2. The monoisotopic (exact) mass is 291 g/mol. The van der Waals surface area contributed by atoms with E-state index in [4.69, 9.17) is 4.74 Å². The minimum atomic E-state index is 0.157. The fourth-order valence-corrected chi connectivity index (χ4v) is 3.20. The summed E-state index contributed by atoms with van der Waals surface area (Å²) < 4.78 is 5.91. The second-order valence-electron chi connectivity index (χ2n) is 5.81. The van der Waals surface area contributed by atoms with Gasteiger partial charge in [0, 0.05) is 18.1 Å². The molecule has 1 N–H and O–H groups in total. The van der Waals surface area contributed by atoms with Crippen LogP contribution < -0.4 is 5.32 Å². The smallest absolute Gasteiger partial charge is 0.0628 e. The Labute approximate surface area is 131 Å². The topological polar surface area (TPSA) is 21.3 Å². The van der Waals surface area contributed by atoms with Crippen molar-refractivity contribution in [3.05, 3.63) is 35.9 Å². The van der Waals surface area contributed by atoms with E-state index in [0.29, 0.717) is 6.04 Å². The molecule has 0 fully saturated rings. The molecule has 0 aliphatic rings. The van der Waals surface area contributed by atoms with Gasteiger partial charge in [-0.1, -0.05) is 58.0 Å². The molecule has 0 saturated carbocycles. The average molecular weight is 291 g/mol. The Morgan fingerprint density at radius 2 is 1.67 bits per heavy atom. The van der Waals surface area contributed by atoms with Crippen LogP contribution in [0.15, 0.2) is 30.3 Å². The number of nitrogens with one attached hydrogen (secondary N) is 1. The van der Waals surface area contributed by atoms with E-state index in [2.05, 4.69) is 63.3 Å². The third-order valence-electron chi connectivity index (χ3n) is 4.55. The molecule has 1 rings (SSSR count). The highest BCUT2D eigenvalue weighted by Crippen LogP contribution is 2.35. The normalized spacial score (nSPS) is 13.3. The van der Waals surface area contributed by atoms with Gasteiger partial charge in [-0.05, 0) is 37.8 Å². The average Bonchev–Trinajstić information content (AvgIpc) is 2.54. The van der Waals surface area contributed by atoms with E-state index < -0.39 is 0 Å². The zero-order chi connectivity index (χ0) is 15.6. The van der Waals surface area contributed by atoms with Crippen LogP contribution in [0.25, 0.3) is 0 Å². The Morgan fingerprint density at radius 3 is 2.19 bits per heavy atom. The first kappa shape index (κ1) is 18.2. The van der Waals surface area contributed by atoms with Gasteiger partial charge in [0.25, 0.3) is 0 Å². The van der Waals surface area contributed by atoms with Crippen molar-refractivity contribution in [2.45, 2.75) is 64.8 Å². The van der Waals surface area contributed by atoms with Crippen LogP contribution in [0.3, 0.4) is 0 Å². The highest BCUT2D eigenvalue weighted by molar-refractivity contribution is 5.27. The maximum atomic E-state index is 5.91. The Balaban J connectivity index is 2.99. The van der Waals surface area contributed by atoms with E-state index in [0.717, 1.165) is 45.4 Å². The van der Waals surface area contributed by atoms with Crippen LogP contribution in [-0.2, 0) is 10.2 Å². The second-order valence-corrected chi connectivity index (χ2v) is 5.81. The second kappa shape index (κ2) is 9.97. The summed E-state index contributed by atoms with van der Waals surface area (Å²) in [5.41, 5.74) is 1.59. The van der Waals surface area contributed by atoms with E-state index in [1.165, 1.54) is 5.56 Å². The number of hydrogen-bond donors (Lipinski definition) is 1. The molecule has 0 saturated heterocycles. The lowest BCUT2D eigenvalue weighted by Crippen LogP contribution is -2.51. The van der Waals surface area contributed by atoms with Gasteiger partial charge in [-0.2, -0.15) is 0 Å². The molecule has 1 atom stereocenters. The molecule has 2 nitrogen and oxygen atoms in total. The first-order valence-electron chi connectivity index (χ1n) is 8.61. The molecule has 120 valence electrons. The van der Waals surface area contributed by atoms with Crippen molar-refractivity contribution in [1.29, 1.82) is 0 Å². The summed E-state index contributed by atoms with van der Waals surface area (Å²) in [6.07, 6.45) is 4.49. The van der Waals surface area contributed by atoms with Crippen molar-refractivity contribution in [3.8, 4) is 0 Å². The molecule has 0 radical (unpaired) electrons. The lowest BCUT2D eigenvalue weighted by atomic mass is 9.70. The van der Waals surface area contributed by atoms with E-state index in [1.807, 2.05) is 0 Å². The van der Waals surface area contributed by atoms with Crippen molar-refractivity contribution in [3.63, 3.8) is 0 Å². The molecule has 1 aromatic rings. The molecular formula is C19H33NO. The predicted molar refractivity (Wildman–Crippen MR) is 91.9 cm³/mol. The molecule has 21 heavy (non-hydrogen) atoms. The SMILES string of the molecule is CCCNC(COCCC)C(CC)(CC)c1ccccc1. The Bertz CT molecular complexity index is 359. The maximum absolute atomic E-state index is 5.91. The highest BCUT2D eigenvalue weighted by Gasteiger charge is 2.37. The van der Waals surface area contributed by atoms with Crippen LogP contribution in [0.2, 0.25) is 0 Å². The van der Waals surface area contributed by atoms with Gasteiger partial charge in [-0.15, -0.1) is 0 Å². The van der Waals surface area contributed by atoms with E-state index >= 15 is 0 Å². The van der Waals surface area contributed by atoms with E-state index in [-0.39, 0.29) is 5.41 Å². The molecule has 2 heteroatoms. The molecule has 0 amide bonds. The Hall–Kier alpha value is -0.860.